The fourth-order valence-corrected chi connectivity index (χ4v) is 0.909. The molecule has 1 aromatic rings. The molecule has 0 fully saturated rings. The van der Waals surface area contributed by atoms with Gasteiger partial charge >= 0.3 is 4.83 Å². The number of alkyl halides is 3. The number of nitro benzene ring substituents is 1. The molecule has 1 aromatic carbocycles. The molecule has 78 valence electrons. The fourth-order valence-electron chi connectivity index (χ4n) is 0.810. The van der Waals surface area contributed by atoms with Crippen LogP contribution in [0.3, 0.4) is 0 Å². The zero-order valence-electron chi connectivity index (χ0n) is 7.21. The van der Waals surface area contributed by atoms with Crippen molar-refractivity contribution in [2.45, 2.75) is 4.83 Å². The summed E-state index contributed by atoms with van der Waals surface area (Å²) in [5.41, 5.74) is 0.186. The maximum atomic E-state index is 12.3. The van der Waals surface area contributed by atoms with Crippen LogP contribution in [0.5, 0.6) is 0 Å². The first-order valence-corrected chi connectivity index (χ1v) is 4.52. The van der Waals surface area contributed by atoms with E-state index in [1.807, 2.05) is 0 Å². The van der Waals surface area contributed by atoms with Crippen molar-refractivity contribution < 1.29 is 13.7 Å². The molecule has 0 unspecified atom stereocenters. The van der Waals surface area contributed by atoms with Gasteiger partial charge in [0.05, 0.1) is 4.92 Å². The molecule has 0 bridgehead atoms. The molecule has 0 aliphatic carbocycles. The van der Waals surface area contributed by atoms with Gasteiger partial charge in [-0.2, -0.15) is 8.78 Å². The van der Waals surface area contributed by atoms with E-state index in [9.17, 15) is 18.9 Å². The Kier molecular flexibility index (Phi) is 3.37. The van der Waals surface area contributed by atoms with E-state index in [0.717, 1.165) is 0 Å². The summed E-state index contributed by atoms with van der Waals surface area (Å²) in [6.45, 7) is 0. The number of rotatable bonds is 1. The van der Waals surface area contributed by atoms with Crippen LogP contribution in [0.1, 0.15) is 5.56 Å². The Hall–Kier alpha value is -1.48. The largest absolute Gasteiger partial charge is 0.363 e. The van der Waals surface area contributed by atoms with E-state index in [0.29, 0.717) is 5.56 Å². The SMILES string of the molecule is O=[N+]([O-])c1ccc(C#CC(F)(F)Br)cc1. The molecule has 15 heavy (non-hydrogen) atoms. The topological polar surface area (TPSA) is 43.1 Å². The van der Waals surface area contributed by atoms with Crippen LogP contribution in [0.25, 0.3) is 0 Å². The van der Waals surface area contributed by atoms with Crippen molar-refractivity contribution in [3.05, 3.63) is 39.9 Å². The summed E-state index contributed by atoms with van der Waals surface area (Å²) in [7, 11) is 0. The summed E-state index contributed by atoms with van der Waals surface area (Å²) in [6.07, 6.45) is 0. The number of nitrogens with zero attached hydrogens (tertiary/aromatic N) is 1. The molecule has 0 spiro atoms. The third-order valence-corrected chi connectivity index (χ3v) is 1.62. The van der Waals surface area contributed by atoms with Gasteiger partial charge in [-0.05, 0) is 18.1 Å². The second kappa shape index (κ2) is 4.36. The standard InChI is InChI=1S/C9H4BrF2NO2/c10-9(11,12)6-5-7-1-3-8(4-2-7)13(14)15/h1-4H. The molecule has 1 rings (SSSR count). The third-order valence-electron chi connectivity index (χ3n) is 1.43. The molecule has 0 saturated carbocycles. The minimum absolute atomic E-state index is 0.105. The van der Waals surface area contributed by atoms with Crippen LogP contribution in [0.4, 0.5) is 14.5 Å². The summed E-state index contributed by atoms with van der Waals surface area (Å²) in [5, 5.41) is 10.3. The highest BCUT2D eigenvalue weighted by Gasteiger charge is 2.18. The second-order valence-electron chi connectivity index (χ2n) is 2.55. The lowest BCUT2D eigenvalue weighted by Crippen LogP contribution is -1.98. The number of nitro groups is 1. The minimum atomic E-state index is -3.24. The van der Waals surface area contributed by atoms with Crippen LogP contribution in [0.15, 0.2) is 24.3 Å². The van der Waals surface area contributed by atoms with E-state index >= 15 is 0 Å². The van der Waals surface area contributed by atoms with Gasteiger partial charge in [0.25, 0.3) is 5.69 Å². The number of halogens is 3. The predicted molar refractivity (Wildman–Crippen MR) is 53.8 cm³/mol. The van der Waals surface area contributed by atoms with Crippen molar-refractivity contribution in [1.29, 1.82) is 0 Å². The van der Waals surface area contributed by atoms with Crippen LogP contribution >= 0.6 is 15.9 Å². The van der Waals surface area contributed by atoms with Crippen LogP contribution in [0, 0.1) is 22.0 Å². The van der Waals surface area contributed by atoms with Gasteiger partial charge in [-0.15, -0.1) is 0 Å². The first kappa shape index (κ1) is 11.6. The highest BCUT2D eigenvalue weighted by Crippen LogP contribution is 2.20. The Bertz CT molecular complexity index is 428. The number of hydrogen-bond donors (Lipinski definition) is 0. The van der Waals surface area contributed by atoms with Crippen LogP contribution in [-0.2, 0) is 0 Å². The maximum Gasteiger partial charge on any atom is 0.363 e. The molecule has 3 nitrogen and oxygen atoms in total. The first-order chi connectivity index (χ1) is 6.88. The summed E-state index contributed by atoms with van der Waals surface area (Å²) in [6, 6.07) is 5.03. The minimum Gasteiger partial charge on any atom is -0.258 e. The molecule has 0 aromatic heterocycles. The van der Waals surface area contributed by atoms with Crippen molar-refractivity contribution in [1.82, 2.24) is 0 Å². The zero-order valence-corrected chi connectivity index (χ0v) is 8.79. The number of hydrogen-bond acceptors (Lipinski definition) is 2. The van der Waals surface area contributed by atoms with E-state index in [2.05, 4.69) is 21.9 Å². The quantitative estimate of drug-likeness (QED) is 0.342. The third kappa shape index (κ3) is 4.04. The van der Waals surface area contributed by atoms with E-state index in [1.54, 1.807) is 5.92 Å². The number of benzene rings is 1. The Balaban J connectivity index is 2.89. The first-order valence-electron chi connectivity index (χ1n) is 3.73. The molecule has 0 atom stereocenters. The van der Waals surface area contributed by atoms with Crippen molar-refractivity contribution >= 4 is 21.6 Å². The molecule has 0 heterocycles. The molecule has 0 amide bonds. The van der Waals surface area contributed by atoms with Crippen molar-refractivity contribution in [3.8, 4) is 11.8 Å². The van der Waals surface area contributed by atoms with Crippen LogP contribution in [0.2, 0.25) is 0 Å². The number of non-ortho nitro benzene ring substituents is 1. The van der Waals surface area contributed by atoms with Gasteiger partial charge < -0.3 is 0 Å². The zero-order chi connectivity index (χ0) is 11.5. The van der Waals surface area contributed by atoms with E-state index in [4.69, 9.17) is 0 Å². The van der Waals surface area contributed by atoms with Gasteiger partial charge in [0, 0.05) is 33.6 Å². The molecule has 0 aliphatic heterocycles. The summed E-state index contributed by atoms with van der Waals surface area (Å²) in [5.74, 6) is 3.83. The molecular weight excluding hydrogens is 272 g/mol. The molecule has 0 saturated heterocycles. The lowest BCUT2D eigenvalue weighted by atomic mass is 10.2. The van der Waals surface area contributed by atoms with Gasteiger partial charge in [-0.3, -0.25) is 10.1 Å². The predicted octanol–water partition coefficient (Wildman–Crippen LogP) is 2.93. The Morgan fingerprint density at radius 3 is 2.27 bits per heavy atom. The van der Waals surface area contributed by atoms with E-state index < -0.39 is 9.76 Å². The highest BCUT2D eigenvalue weighted by atomic mass is 79.9. The van der Waals surface area contributed by atoms with Gasteiger partial charge in [0.2, 0.25) is 0 Å². The molecular formula is C9H4BrF2NO2. The molecule has 0 N–H and O–H groups in total. The fraction of sp³-hybridized carbons (Fsp3) is 0.111. The summed E-state index contributed by atoms with van der Waals surface area (Å²) in [4.78, 5) is 6.46. The highest BCUT2D eigenvalue weighted by molar-refractivity contribution is 9.10. The smallest absolute Gasteiger partial charge is 0.258 e. The summed E-state index contributed by atoms with van der Waals surface area (Å²) < 4.78 is 24.5. The van der Waals surface area contributed by atoms with Gasteiger partial charge in [-0.25, -0.2) is 0 Å². The van der Waals surface area contributed by atoms with E-state index in [-0.39, 0.29) is 5.69 Å². The Labute approximate surface area is 92.4 Å². The van der Waals surface area contributed by atoms with Crippen molar-refractivity contribution in [2.24, 2.45) is 0 Å². The van der Waals surface area contributed by atoms with Crippen molar-refractivity contribution in [3.63, 3.8) is 0 Å². The van der Waals surface area contributed by atoms with Crippen LogP contribution in [-0.4, -0.2) is 9.76 Å². The average Bonchev–Trinajstić information content (AvgIpc) is 2.14. The lowest BCUT2D eigenvalue weighted by molar-refractivity contribution is -0.384. The van der Waals surface area contributed by atoms with Gasteiger partial charge in [0.1, 0.15) is 0 Å². The summed E-state index contributed by atoms with van der Waals surface area (Å²) >= 11 is 2.06. The maximum absolute atomic E-state index is 12.3. The van der Waals surface area contributed by atoms with Crippen molar-refractivity contribution in [2.75, 3.05) is 0 Å². The Morgan fingerprint density at radius 1 is 1.33 bits per heavy atom. The van der Waals surface area contributed by atoms with Gasteiger partial charge in [-0.1, -0.05) is 5.92 Å². The van der Waals surface area contributed by atoms with E-state index in [1.165, 1.54) is 24.3 Å². The molecule has 0 radical (unpaired) electrons. The molecule has 6 heteroatoms. The van der Waals surface area contributed by atoms with Crippen LogP contribution < -0.4 is 0 Å². The van der Waals surface area contributed by atoms with Gasteiger partial charge in [0.15, 0.2) is 0 Å². The second-order valence-corrected chi connectivity index (χ2v) is 3.55. The monoisotopic (exact) mass is 275 g/mol. The normalized spacial score (nSPS) is 10.3. The lowest BCUT2D eigenvalue weighted by Gasteiger charge is -1.95. The average molecular weight is 276 g/mol. The molecule has 0 aliphatic rings. The Morgan fingerprint density at radius 2 is 1.87 bits per heavy atom.